The Balaban J connectivity index is 2.61. The van der Waals surface area contributed by atoms with Crippen molar-refractivity contribution >= 4 is 50.0 Å². The molecule has 1 aromatic carbocycles. The molecule has 0 aliphatic carbocycles. The van der Waals surface area contributed by atoms with Crippen LogP contribution in [0.3, 0.4) is 0 Å². The molecule has 2 rings (SSSR count). The van der Waals surface area contributed by atoms with E-state index in [0.29, 0.717) is 10.8 Å². The van der Waals surface area contributed by atoms with E-state index in [2.05, 4.69) is 0 Å². The summed E-state index contributed by atoms with van der Waals surface area (Å²) >= 11 is 0. The summed E-state index contributed by atoms with van der Waals surface area (Å²) in [6.07, 6.45) is 0.0935. The number of hydrogen-bond donors (Lipinski definition) is 0. The largest absolute Gasteiger partial charge is 0.464 e. The number of allylic oxidation sites excluding steroid dienone is 1. The summed E-state index contributed by atoms with van der Waals surface area (Å²) in [5.74, 6) is -3.01. The third-order valence-electron chi connectivity index (χ3n) is 6.36. The SMILES string of the molecule is COC(=O)C(=C(C)OS(C)(=O)=O)N1C(=O)[C@H]([C@@H](C)O[Si](C)(C)C(C)(C)C)[C@H]1SS(=O)(=O)c1ccccc1. The monoisotopic (exact) mass is 593 g/mol. The quantitative estimate of drug-likeness (QED) is 0.0752. The molecule has 0 spiro atoms. The second-order valence-corrected chi connectivity index (χ2v) is 20.5. The molecule has 3 atom stereocenters. The van der Waals surface area contributed by atoms with Crippen LogP contribution in [0.5, 0.6) is 0 Å². The first-order chi connectivity index (χ1) is 16.7. The van der Waals surface area contributed by atoms with Crippen molar-refractivity contribution in [2.45, 2.75) is 69.1 Å². The van der Waals surface area contributed by atoms with E-state index in [4.69, 9.17) is 13.3 Å². The van der Waals surface area contributed by atoms with Crippen LogP contribution in [0.4, 0.5) is 0 Å². The second kappa shape index (κ2) is 11.1. The molecule has 37 heavy (non-hydrogen) atoms. The van der Waals surface area contributed by atoms with Gasteiger partial charge in [-0.2, -0.15) is 8.42 Å². The fraction of sp³-hybridized carbons (Fsp3) is 0.565. The summed E-state index contributed by atoms with van der Waals surface area (Å²) in [6.45, 7) is 13.0. The molecule has 0 aromatic heterocycles. The van der Waals surface area contributed by atoms with Gasteiger partial charge in [-0.3, -0.25) is 9.69 Å². The summed E-state index contributed by atoms with van der Waals surface area (Å²) in [7, 11) is -8.88. The minimum Gasteiger partial charge on any atom is -0.464 e. The first-order valence-corrected chi connectivity index (χ1v) is 19.0. The predicted octanol–water partition coefficient (Wildman–Crippen LogP) is 3.68. The van der Waals surface area contributed by atoms with Gasteiger partial charge in [-0.25, -0.2) is 13.2 Å². The van der Waals surface area contributed by atoms with Crippen molar-refractivity contribution in [2.24, 2.45) is 5.92 Å². The third-order valence-corrected chi connectivity index (χ3v) is 15.2. The number of carbonyl (C=O) groups is 2. The molecule has 1 saturated heterocycles. The molecule has 0 radical (unpaired) electrons. The molecule has 1 amide bonds. The fourth-order valence-corrected chi connectivity index (χ4v) is 9.16. The number of ether oxygens (including phenoxy) is 1. The molecule has 0 bridgehead atoms. The van der Waals surface area contributed by atoms with E-state index in [-0.39, 0.29) is 9.93 Å². The van der Waals surface area contributed by atoms with Crippen LogP contribution >= 0.6 is 10.8 Å². The number of nitrogens with zero attached hydrogens (tertiary/aromatic N) is 1. The van der Waals surface area contributed by atoms with Crippen molar-refractivity contribution < 1.29 is 39.8 Å². The molecule has 208 valence electrons. The van der Waals surface area contributed by atoms with E-state index in [1.807, 2.05) is 33.9 Å². The molecule has 1 aliphatic rings. The lowest BCUT2D eigenvalue weighted by Crippen LogP contribution is -2.65. The zero-order chi connectivity index (χ0) is 28.6. The number of carbonyl (C=O) groups excluding carboxylic acids is 2. The Morgan fingerprint density at radius 1 is 1.11 bits per heavy atom. The molecule has 1 aromatic rings. The van der Waals surface area contributed by atoms with Gasteiger partial charge in [-0.05, 0) is 54.9 Å². The van der Waals surface area contributed by atoms with Crippen LogP contribution in [0.25, 0.3) is 0 Å². The average molecular weight is 594 g/mol. The Hall–Kier alpha value is -1.87. The Morgan fingerprint density at radius 3 is 2.11 bits per heavy atom. The van der Waals surface area contributed by atoms with Crippen molar-refractivity contribution in [2.75, 3.05) is 13.4 Å². The predicted molar refractivity (Wildman–Crippen MR) is 144 cm³/mol. The molecule has 1 fully saturated rings. The zero-order valence-corrected chi connectivity index (χ0v) is 25.9. The molecular formula is C23H35NO9S3Si. The molecule has 10 nitrogen and oxygen atoms in total. The lowest BCUT2D eigenvalue weighted by atomic mass is 9.92. The van der Waals surface area contributed by atoms with Crippen LogP contribution in [0.15, 0.2) is 46.7 Å². The lowest BCUT2D eigenvalue weighted by molar-refractivity contribution is -0.157. The van der Waals surface area contributed by atoms with Gasteiger partial charge in [-0.15, -0.1) is 0 Å². The standard InChI is InChI=1S/C23H35NO9S3Si/c1-15(33-37(8,9)23(3,4)5)18-20(25)24(19(22(26)31-6)16(2)32-35(7,27)28)21(18)34-36(29,30)17-13-11-10-12-14-17/h10-15,18,21H,1-9H3/t15-,18+,21-/m1/s1. The summed E-state index contributed by atoms with van der Waals surface area (Å²) in [6, 6.07) is 7.66. The first kappa shape index (κ1) is 31.3. The van der Waals surface area contributed by atoms with E-state index < -0.39 is 68.0 Å². The maximum atomic E-state index is 13.5. The van der Waals surface area contributed by atoms with Crippen LogP contribution < -0.4 is 0 Å². The van der Waals surface area contributed by atoms with Crippen LogP contribution in [0, 0.1) is 5.92 Å². The molecule has 0 saturated carbocycles. The second-order valence-electron chi connectivity index (χ2n) is 10.3. The average Bonchev–Trinajstić information content (AvgIpc) is 2.74. The Morgan fingerprint density at radius 2 is 1.65 bits per heavy atom. The van der Waals surface area contributed by atoms with Gasteiger partial charge in [-0.1, -0.05) is 39.0 Å². The van der Waals surface area contributed by atoms with Crippen LogP contribution in [0.1, 0.15) is 34.6 Å². The Kier molecular flexibility index (Phi) is 9.39. The van der Waals surface area contributed by atoms with Crippen LogP contribution in [-0.4, -0.2) is 66.8 Å². The fourth-order valence-electron chi connectivity index (χ4n) is 3.52. The molecular weight excluding hydrogens is 559 g/mol. The van der Waals surface area contributed by atoms with Crippen molar-refractivity contribution in [1.82, 2.24) is 4.90 Å². The van der Waals surface area contributed by atoms with E-state index in [1.54, 1.807) is 25.1 Å². The minimum atomic E-state index is -4.06. The highest BCUT2D eigenvalue weighted by Crippen LogP contribution is 2.47. The molecule has 0 N–H and O–H groups in total. The van der Waals surface area contributed by atoms with E-state index in [0.717, 1.165) is 18.3 Å². The smallest absolute Gasteiger partial charge is 0.358 e. The highest BCUT2D eigenvalue weighted by atomic mass is 33.1. The summed E-state index contributed by atoms with van der Waals surface area (Å²) < 4.78 is 66.2. The van der Waals surface area contributed by atoms with Gasteiger partial charge in [0.25, 0.3) is 0 Å². The number of benzene rings is 1. The van der Waals surface area contributed by atoms with Gasteiger partial charge < -0.3 is 13.3 Å². The number of methoxy groups -OCH3 is 1. The minimum absolute atomic E-state index is 0.0173. The highest BCUT2D eigenvalue weighted by molar-refractivity contribution is 8.72. The van der Waals surface area contributed by atoms with E-state index in [9.17, 15) is 26.4 Å². The molecule has 1 heterocycles. The maximum Gasteiger partial charge on any atom is 0.358 e. The van der Waals surface area contributed by atoms with Gasteiger partial charge in [0, 0.05) is 0 Å². The number of hydrogen-bond acceptors (Lipinski definition) is 10. The van der Waals surface area contributed by atoms with Crippen molar-refractivity contribution in [3.8, 4) is 0 Å². The zero-order valence-electron chi connectivity index (χ0n) is 22.5. The van der Waals surface area contributed by atoms with Gasteiger partial charge in [0.2, 0.25) is 14.8 Å². The third kappa shape index (κ3) is 7.16. The van der Waals surface area contributed by atoms with Crippen molar-refractivity contribution in [1.29, 1.82) is 0 Å². The van der Waals surface area contributed by atoms with E-state index >= 15 is 0 Å². The van der Waals surface area contributed by atoms with Crippen molar-refractivity contribution in [3.63, 3.8) is 0 Å². The Bertz CT molecular complexity index is 1270. The highest BCUT2D eigenvalue weighted by Gasteiger charge is 2.57. The Labute approximate surface area is 224 Å². The van der Waals surface area contributed by atoms with Gasteiger partial charge in [0.1, 0.15) is 11.1 Å². The molecule has 14 heteroatoms. The maximum absolute atomic E-state index is 13.5. The first-order valence-electron chi connectivity index (χ1n) is 11.4. The topological polar surface area (TPSA) is 133 Å². The van der Waals surface area contributed by atoms with Gasteiger partial charge >= 0.3 is 16.1 Å². The number of β-lactam (4-membered cyclic amide) rings is 1. The van der Waals surface area contributed by atoms with Gasteiger partial charge in [0.05, 0.1) is 30.3 Å². The number of amides is 1. The van der Waals surface area contributed by atoms with Crippen molar-refractivity contribution in [3.05, 3.63) is 41.8 Å². The number of esters is 1. The summed E-state index contributed by atoms with van der Waals surface area (Å²) in [5, 5.41) is -1.30. The number of rotatable bonds is 10. The summed E-state index contributed by atoms with van der Waals surface area (Å²) in [4.78, 5) is 27.2. The molecule has 1 aliphatic heterocycles. The lowest BCUT2D eigenvalue weighted by Gasteiger charge is -2.50. The van der Waals surface area contributed by atoms with Crippen LogP contribution in [0.2, 0.25) is 18.1 Å². The van der Waals surface area contributed by atoms with Gasteiger partial charge in [0.15, 0.2) is 14.0 Å². The normalized spacial score (nSPS) is 20.6. The van der Waals surface area contributed by atoms with E-state index in [1.165, 1.54) is 19.1 Å². The number of likely N-dealkylation sites (tertiary alicyclic amines) is 1. The molecule has 0 unspecified atom stereocenters. The summed E-state index contributed by atoms with van der Waals surface area (Å²) in [5.41, 5.74) is -0.491. The van der Waals surface area contributed by atoms with Crippen LogP contribution in [-0.2, 0) is 41.9 Å².